The summed E-state index contributed by atoms with van der Waals surface area (Å²) in [7, 11) is 0. The third-order valence-corrected chi connectivity index (χ3v) is 4.88. The van der Waals surface area contributed by atoms with Gasteiger partial charge >= 0.3 is 6.09 Å². The molecule has 152 valence electrons. The van der Waals surface area contributed by atoms with Crippen LogP contribution >= 0.6 is 0 Å². The Morgan fingerprint density at radius 2 is 1.80 bits per heavy atom. The van der Waals surface area contributed by atoms with Gasteiger partial charge in [-0.05, 0) is 49.2 Å². The fraction of sp³-hybridized carbons (Fsp3) is 0.167. The molecular weight excluding hydrogens is 378 g/mol. The Kier molecular flexibility index (Phi) is 5.50. The van der Waals surface area contributed by atoms with Crippen molar-refractivity contribution in [2.45, 2.75) is 20.5 Å². The van der Waals surface area contributed by atoms with Crippen LogP contribution in [-0.4, -0.2) is 22.8 Å². The average Bonchev–Trinajstić information content (AvgIpc) is 2.74. The van der Waals surface area contributed by atoms with Gasteiger partial charge in [0.25, 0.3) is 0 Å². The number of aromatic nitrogens is 1. The number of nitrogens with zero attached hydrogens (tertiary/aromatic N) is 1. The van der Waals surface area contributed by atoms with Crippen molar-refractivity contribution in [3.05, 3.63) is 71.8 Å². The number of rotatable bonds is 5. The molecule has 0 radical (unpaired) electrons. The Morgan fingerprint density at radius 1 is 1.03 bits per heavy atom. The highest BCUT2D eigenvalue weighted by atomic mass is 16.5. The number of benzene rings is 3. The maximum atomic E-state index is 11.8. The van der Waals surface area contributed by atoms with Gasteiger partial charge in [-0.2, -0.15) is 0 Å². The number of carbonyl (C=O) groups is 1. The standard InChI is InChI=1S/C24H23N3O3/c1-3-30-24(29)26-18-12-16(14-28)11-17(13-18)25-23-19-8-4-5-10-21(19)27-22-15(2)7-6-9-20(22)23/h4-13,28H,3,14H2,1-2H3,(H,25,27)(H,26,29). The van der Waals surface area contributed by atoms with E-state index in [1.807, 2.05) is 61.5 Å². The topological polar surface area (TPSA) is 83.5 Å². The number of ether oxygens (including phenoxy) is 1. The number of carbonyl (C=O) groups excluding carboxylic acids is 1. The summed E-state index contributed by atoms with van der Waals surface area (Å²) in [5.74, 6) is 0. The Bertz CT molecular complexity index is 1240. The summed E-state index contributed by atoms with van der Waals surface area (Å²) < 4.78 is 4.96. The van der Waals surface area contributed by atoms with Crippen molar-refractivity contribution in [2.75, 3.05) is 17.2 Å². The number of aliphatic hydroxyl groups excluding tert-OH is 1. The van der Waals surface area contributed by atoms with Crippen molar-refractivity contribution in [3.8, 4) is 0 Å². The van der Waals surface area contributed by atoms with Gasteiger partial charge in [-0.1, -0.05) is 36.4 Å². The van der Waals surface area contributed by atoms with Crippen LogP contribution in [0.3, 0.4) is 0 Å². The average molecular weight is 401 g/mol. The zero-order valence-electron chi connectivity index (χ0n) is 16.9. The largest absolute Gasteiger partial charge is 0.450 e. The molecule has 0 aliphatic carbocycles. The molecule has 1 heterocycles. The van der Waals surface area contributed by atoms with Crippen LogP contribution in [0.5, 0.6) is 0 Å². The molecule has 0 fully saturated rings. The van der Waals surface area contributed by atoms with Gasteiger partial charge in [-0.25, -0.2) is 9.78 Å². The first-order valence-electron chi connectivity index (χ1n) is 9.82. The number of anilines is 3. The van der Waals surface area contributed by atoms with Crippen molar-refractivity contribution >= 4 is 45.0 Å². The van der Waals surface area contributed by atoms with Gasteiger partial charge < -0.3 is 15.2 Å². The van der Waals surface area contributed by atoms with E-state index in [2.05, 4.69) is 10.6 Å². The maximum Gasteiger partial charge on any atom is 0.411 e. The smallest absolute Gasteiger partial charge is 0.411 e. The molecule has 1 amide bonds. The first-order chi connectivity index (χ1) is 14.6. The van der Waals surface area contributed by atoms with Crippen molar-refractivity contribution in [1.29, 1.82) is 0 Å². The minimum absolute atomic E-state index is 0.149. The fourth-order valence-corrected chi connectivity index (χ4v) is 3.55. The second-order valence-electron chi connectivity index (χ2n) is 7.02. The van der Waals surface area contributed by atoms with E-state index >= 15 is 0 Å². The number of aryl methyl sites for hydroxylation is 1. The molecule has 4 aromatic rings. The number of hydrogen-bond acceptors (Lipinski definition) is 5. The lowest BCUT2D eigenvalue weighted by Gasteiger charge is -2.16. The summed E-state index contributed by atoms with van der Waals surface area (Å²) in [6, 6.07) is 19.4. The summed E-state index contributed by atoms with van der Waals surface area (Å²) in [5, 5.41) is 17.9. The van der Waals surface area contributed by atoms with Gasteiger partial charge in [0.1, 0.15) is 0 Å². The highest BCUT2D eigenvalue weighted by molar-refractivity contribution is 6.09. The second-order valence-corrected chi connectivity index (χ2v) is 7.02. The van der Waals surface area contributed by atoms with Crippen LogP contribution in [0.15, 0.2) is 60.7 Å². The molecule has 0 aliphatic heterocycles. The van der Waals surface area contributed by atoms with Crippen molar-refractivity contribution < 1.29 is 14.6 Å². The molecule has 6 heteroatoms. The van der Waals surface area contributed by atoms with E-state index in [-0.39, 0.29) is 13.2 Å². The van der Waals surface area contributed by atoms with Crippen LogP contribution < -0.4 is 10.6 Å². The van der Waals surface area contributed by atoms with Crippen LogP contribution in [0, 0.1) is 6.92 Å². The Hall–Kier alpha value is -3.64. The van der Waals surface area contributed by atoms with E-state index in [1.54, 1.807) is 13.0 Å². The van der Waals surface area contributed by atoms with E-state index in [0.29, 0.717) is 11.3 Å². The van der Waals surface area contributed by atoms with Gasteiger partial charge in [0.2, 0.25) is 0 Å². The lowest BCUT2D eigenvalue weighted by Crippen LogP contribution is -2.13. The van der Waals surface area contributed by atoms with Gasteiger partial charge in [0.05, 0.1) is 29.9 Å². The number of para-hydroxylation sites is 2. The number of pyridine rings is 1. The molecule has 4 rings (SSSR count). The third-order valence-electron chi connectivity index (χ3n) is 4.88. The van der Waals surface area contributed by atoms with E-state index in [9.17, 15) is 9.90 Å². The first kappa shape index (κ1) is 19.7. The molecule has 0 unspecified atom stereocenters. The number of fused-ring (bicyclic) bond motifs is 2. The molecule has 0 spiro atoms. The highest BCUT2D eigenvalue weighted by Crippen LogP contribution is 2.35. The Labute approximate surface area is 174 Å². The molecule has 0 saturated carbocycles. The number of aliphatic hydroxyl groups is 1. The van der Waals surface area contributed by atoms with Crippen molar-refractivity contribution in [3.63, 3.8) is 0 Å². The third kappa shape index (κ3) is 3.90. The van der Waals surface area contributed by atoms with Gasteiger partial charge in [-0.15, -0.1) is 0 Å². The fourth-order valence-electron chi connectivity index (χ4n) is 3.55. The predicted molar refractivity (Wildman–Crippen MR) is 120 cm³/mol. The minimum atomic E-state index is -0.533. The van der Waals surface area contributed by atoms with Crippen LogP contribution in [0.1, 0.15) is 18.1 Å². The van der Waals surface area contributed by atoms with Crippen molar-refractivity contribution in [2.24, 2.45) is 0 Å². The summed E-state index contributed by atoms with van der Waals surface area (Å²) in [5.41, 5.74) is 5.80. The highest BCUT2D eigenvalue weighted by Gasteiger charge is 2.12. The number of hydrogen-bond donors (Lipinski definition) is 3. The maximum absolute atomic E-state index is 11.8. The molecule has 0 saturated heterocycles. The SMILES string of the molecule is CCOC(=O)Nc1cc(CO)cc(Nc2c3ccccc3nc3c(C)cccc23)c1. The monoisotopic (exact) mass is 401 g/mol. The van der Waals surface area contributed by atoms with E-state index < -0.39 is 6.09 Å². The molecular formula is C24H23N3O3. The first-order valence-corrected chi connectivity index (χ1v) is 9.82. The Balaban J connectivity index is 1.83. The predicted octanol–water partition coefficient (Wildman–Crippen LogP) is 5.50. The Morgan fingerprint density at radius 3 is 2.60 bits per heavy atom. The van der Waals surface area contributed by atoms with Crippen molar-refractivity contribution in [1.82, 2.24) is 4.98 Å². The zero-order valence-corrected chi connectivity index (χ0v) is 16.9. The van der Waals surface area contributed by atoms with Crippen LogP contribution in [0.4, 0.5) is 21.9 Å². The van der Waals surface area contributed by atoms with E-state index in [4.69, 9.17) is 9.72 Å². The van der Waals surface area contributed by atoms with Crippen LogP contribution in [-0.2, 0) is 11.3 Å². The second kappa shape index (κ2) is 8.39. The lowest BCUT2D eigenvalue weighted by molar-refractivity contribution is 0.168. The molecule has 0 bridgehead atoms. The summed E-state index contributed by atoms with van der Waals surface area (Å²) in [6.07, 6.45) is -0.533. The van der Waals surface area contributed by atoms with Gasteiger partial charge in [-0.3, -0.25) is 5.32 Å². The van der Waals surface area contributed by atoms with Gasteiger partial charge in [0, 0.05) is 22.1 Å². The molecule has 0 aliphatic rings. The lowest BCUT2D eigenvalue weighted by atomic mass is 10.0. The summed E-state index contributed by atoms with van der Waals surface area (Å²) in [4.78, 5) is 16.7. The van der Waals surface area contributed by atoms with Gasteiger partial charge in [0.15, 0.2) is 0 Å². The van der Waals surface area contributed by atoms with E-state index in [0.717, 1.165) is 38.7 Å². The summed E-state index contributed by atoms with van der Waals surface area (Å²) >= 11 is 0. The van der Waals surface area contributed by atoms with Crippen LogP contribution in [0.2, 0.25) is 0 Å². The zero-order chi connectivity index (χ0) is 21.1. The normalized spacial score (nSPS) is 10.9. The molecule has 3 N–H and O–H groups in total. The molecule has 30 heavy (non-hydrogen) atoms. The minimum Gasteiger partial charge on any atom is -0.450 e. The molecule has 1 aromatic heterocycles. The molecule has 6 nitrogen and oxygen atoms in total. The number of nitrogens with one attached hydrogen (secondary N) is 2. The summed E-state index contributed by atoms with van der Waals surface area (Å²) in [6.45, 7) is 3.93. The molecule has 0 atom stereocenters. The quantitative estimate of drug-likeness (QED) is 0.385. The molecule has 3 aromatic carbocycles. The van der Waals surface area contributed by atoms with E-state index in [1.165, 1.54) is 0 Å². The van der Waals surface area contributed by atoms with Crippen LogP contribution in [0.25, 0.3) is 21.8 Å². The number of amides is 1.